The second-order valence-corrected chi connectivity index (χ2v) is 5.97. The third-order valence-corrected chi connectivity index (χ3v) is 4.40. The van der Waals surface area contributed by atoms with Crippen molar-refractivity contribution in [2.45, 2.75) is 19.3 Å². The van der Waals surface area contributed by atoms with Crippen molar-refractivity contribution in [1.82, 2.24) is 9.36 Å². The van der Waals surface area contributed by atoms with Crippen LogP contribution in [0.2, 0.25) is 0 Å². The van der Waals surface area contributed by atoms with Gasteiger partial charge in [0.25, 0.3) is 0 Å². The molecule has 1 aromatic heterocycles. The number of hydrogen-bond acceptors (Lipinski definition) is 4. The fourth-order valence-electron chi connectivity index (χ4n) is 2.53. The highest BCUT2D eigenvalue weighted by molar-refractivity contribution is 7.09. The Balaban J connectivity index is 1.81. The molecule has 1 unspecified atom stereocenters. The topological polar surface area (TPSA) is 29.0 Å². The molecular formula is C14H13F4N3S. The van der Waals surface area contributed by atoms with Crippen molar-refractivity contribution >= 4 is 16.7 Å². The Morgan fingerprint density at radius 3 is 2.59 bits per heavy atom. The molecule has 0 radical (unpaired) electrons. The SMILES string of the molecule is Fc1cc(F)cc(-c2nsc(N3CCCC(C(F)F)C3)n2)c1. The van der Waals surface area contributed by atoms with Crippen LogP contribution in [0.15, 0.2) is 18.2 Å². The summed E-state index contributed by atoms with van der Waals surface area (Å²) in [7, 11) is 0. The maximum Gasteiger partial charge on any atom is 0.243 e. The summed E-state index contributed by atoms with van der Waals surface area (Å²) in [5.74, 6) is -1.88. The van der Waals surface area contributed by atoms with Crippen molar-refractivity contribution in [3.05, 3.63) is 29.8 Å². The quantitative estimate of drug-likeness (QED) is 0.797. The van der Waals surface area contributed by atoms with Crippen LogP contribution in [0, 0.1) is 17.6 Å². The molecule has 0 amide bonds. The zero-order chi connectivity index (χ0) is 15.7. The first kappa shape index (κ1) is 15.2. The van der Waals surface area contributed by atoms with Gasteiger partial charge in [0.15, 0.2) is 5.82 Å². The molecule has 0 saturated carbocycles. The van der Waals surface area contributed by atoms with Crippen LogP contribution in [0.25, 0.3) is 11.4 Å². The van der Waals surface area contributed by atoms with Gasteiger partial charge in [-0.1, -0.05) is 0 Å². The van der Waals surface area contributed by atoms with E-state index in [1.807, 2.05) is 0 Å². The van der Waals surface area contributed by atoms with E-state index in [1.165, 1.54) is 0 Å². The molecule has 1 fully saturated rings. The molecule has 1 saturated heterocycles. The lowest BCUT2D eigenvalue weighted by molar-refractivity contribution is 0.0687. The Hall–Kier alpha value is -1.70. The predicted molar refractivity (Wildman–Crippen MR) is 76.2 cm³/mol. The van der Waals surface area contributed by atoms with Crippen molar-refractivity contribution in [3.63, 3.8) is 0 Å². The summed E-state index contributed by atoms with van der Waals surface area (Å²) in [5.41, 5.74) is 0.238. The highest BCUT2D eigenvalue weighted by Crippen LogP contribution is 2.30. The smallest absolute Gasteiger partial charge is 0.243 e. The average Bonchev–Trinajstić information content (AvgIpc) is 2.96. The van der Waals surface area contributed by atoms with Gasteiger partial charge in [-0.2, -0.15) is 9.36 Å². The second-order valence-electron chi connectivity index (χ2n) is 5.24. The number of nitrogens with zero attached hydrogens (tertiary/aromatic N) is 3. The fourth-order valence-corrected chi connectivity index (χ4v) is 3.26. The molecular weight excluding hydrogens is 318 g/mol. The summed E-state index contributed by atoms with van der Waals surface area (Å²) in [6.45, 7) is 0.860. The van der Waals surface area contributed by atoms with E-state index in [1.54, 1.807) is 4.90 Å². The van der Waals surface area contributed by atoms with Gasteiger partial charge in [0, 0.05) is 42.2 Å². The lowest BCUT2D eigenvalue weighted by atomic mass is 9.99. The molecule has 0 spiro atoms. The van der Waals surface area contributed by atoms with Crippen LogP contribution in [0.5, 0.6) is 0 Å². The van der Waals surface area contributed by atoms with Gasteiger partial charge in [-0.25, -0.2) is 17.6 Å². The summed E-state index contributed by atoms with van der Waals surface area (Å²) in [4.78, 5) is 6.00. The summed E-state index contributed by atoms with van der Waals surface area (Å²) in [6, 6.07) is 3.06. The monoisotopic (exact) mass is 331 g/mol. The van der Waals surface area contributed by atoms with Gasteiger partial charge in [0.2, 0.25) is 11.6 Å². The van der Waals surface area contributed by atoms with E-state index < -0.39 is 24.0 Å². The van der Waals surface area contributed by atoms with E-state index >= 15 is 0 Å². The van der Waals surface area contributed by atoms with Crippen LogP contribution < -0.4 is 4.90 Å². The Morgan fingerprint density at radius 2 is 1.91 bits per heavy atom. The predicted octanol–water partition coefficient (Wildman–Crippen LogP) is 3.96. The first-order chi connectivity index (χ1) is 10.5. The minimum Gasteiger partial charge on any atom is -0.346 e. The first-order valence-corrected chi connectivity index (χ1v) is 7.63. The van der Waals surface area contributed by atoms with E-state index in [2.05, 4.69) is 9.36 Å². The van der Waals surface area contributed by atoms with Crippen molar-refractivity contribution in [2.24, 2.45) is 5.92 Å². The first-order valence-electron chi connectivity index (χ1n) is 6.86. The van der Waals surface area contributed by atoms with Crippen LogP contribution in [0.1, 0.15) is 12.8 Å². The molecule has 0 bridgehead atoms. The van der Waals surface area contributed by atoms with Gasteiger partial charge < -0.3 is 4.90 Å². The molecule has 2 aromatic rings. The number of halogens is 4. The van der Waals surface area contributed by atoms with Gasteiger partial charge in [0.1, 0.15) is 11.6 Å². The van der Waals surface area contributed by atoms with Crippen LogP contribution >= 0.6 is 11.5 Å². The zero-order valence-corrected chi connectivity index (χ0v) is 12.3. The third kappa shape index (κ3) is 3.21. The summed E-state index contributed by atoms with van der Waals surface area (Å²) in [5, 5.41) is 0.505. The maximum absolute atomic E-state index is 13.2. The third-order valence-electron chi connectivity index (χ3n) is 3.62. The summed E-state index contributed by atoms with van der Waals surface area (Å²) < 4.78 is 56.2. The molecule has 118 valence electrons. The number of anilines is 1. The number of aromatic nitrogens is 2. The number of benzene rings is 1. The lowest BCUT2D eigenvalue weighted by Gasteiger charge is -2.31. The molecule has 1 aliphatic rings. The van der Waals surface area contributed by atoms with Gasteiger partial charge in [-0.15, -0.1) is 0 Å². The average molecular weight is 331 g/mol. The van der Waals surface area contributed by atoms with Gasteiger partial charge in [-0.3, -0.25) is 0 Å². The minimum absolute atomic E-state index is 0.206. The van der Waals surface area contributed by atoms with Crippen molar-refractivity contribution in [2.75, 3.05) is 18.0 Å². The number of hydrogen-bond donors (Lipinski definition) is 0. The van der Waals surface area contributed by atoms with Crippen molar-refractivity contribution in [1.29, 1.82) is 0 Å². The molecule has 3 nitrogen and oxygen atoms in total. The second kappa shape index (κ2) is 6.20. The molecule has 2 heterocycles. The van der Waals surface area contributed by atoms with Crippen LogP contribution in [0.4, 0.5) is 22.7 Å². The number of rotatable bonds is 3. The van der Waals surface area contributed by atoms with Crippen molar-refractivity contribution < 1.29 is 17.6 Å². The van der Waals surface area contributed by atoms with Crippen LogP contribution in [-0.2, 0) is 0 Å². The van der Waals surface area contributed by atoms with Gasteiger partial charge in [0.05, 0.1) is 0 Å². The Morgan fingerprint density at radius 1 is 1.18 bits per heavy atom. The largest absolute Gasteiger partial charge is 0.346 e. The Kier molecular flexibility index (Phi) is 4.28. The zero-order valence-electron chi connectivity index (χ0n) is 11.5. The fraction of sp³-hybridized carbons (Fsp3) is 0.429. The van der Waals surface area contributed by atoms with E-state index in [0.717, 1.165) is 29.7 Å². The number of alkyl halides is 2. The minimum atomic E-state index is -2.35. The summed E-state index contributed by atoms with van der Waals surface area (Å²) in [6.07, 6.45) is -1.19. The molecule has 0 N–H and O–H groups in total. The van der Waals surface area contributed by atoms with Crippen LogP contribution in [0.3, 0.4) is 0 Å². The molecule has 3 rings (SSSR count). The summed E-state index contributed by atoms with van der Waals surface area (Å²) >= 11 is 1.05. The molecule has 1 aliphatic heterocycles. The molecule has 8 heteroatoms. The van der Waals surface area contributed by atoms with E-state index in [9.17, 15) is 17.6 Å². The molecule has 1 aromatic carbocycles. The Labute approximate surface area is 128 Å². The highest BCUT2D eigenvalue weighted by Gasteiger charge is 2.28. The van der Waals surface area contributed by atoms with Crippen LogP contribution in [-0.4, -0.2) is 28.9 Å². The molecule has 0 aliphatic carbocycles. The van der Waals surface area contributed by atoms with Gasteiger partial charge in [-0.05, 0) is 25.0 Å². The van der Waals surface area contributed by atoms with E-state index in [4.69, 9.17) is 0 Å². The standard InChI is InChI=1S/C14H13F4N3S/c15-10-4-9(5-11(16)6-10)13-19-14(22-20-13)21-3-1-2-8(7-21)12(17)18/h4-6,8,12H,1-3,7H2. The van der Waals surface area contributed by atoms with E-state index in [-0.39, 0.29) is 17.9 Å². The normalized spacial score (nSPS) is 19.0. The number of piperidine rings is 1. The highest BCUT2D eigenvalue weighted by atomic mass is 32.1. The van der Waals surface area contributed by atoms with Gasteiger partial charge >= 0.3 is 0 Å². The van der Waals surface area contributed by atoms with Crippen molar-refractivity contribution in [3.8, 4) is 11.4 Å². The Bertz CT molecular complexity index is 641. The lowest BCUT2D eigenvalue weighted by Crippen LogP contribution is -2.38. The molecule has 1 atom stereocenters. The van der Waals surface area contributed by atoms with E-state index in [0.29, 0.717) is 24.5 Å². The maximum atomic E-state index is 13.2. The molecule has 22 heavy (non-hydrogen) atoms.